The van der Waals surface area contributed by atoms with Crippen molar-refractivity contribution in [3.8, 4) is 5.75 Å². The predicted molar refractivity (Wildman–Crippen MR) is 121 cm³/mol. The van der Waals surface area contributed by atoms with Crippen molar-refractivity contribution in [1.29, 1.82) is 0 Å². The Bertz CT molecular complexity index is 1130. The zero-order valence-corrected chi connectivity index (χ0v) is 19.6. The summed E-state index contributed by atoms with van der Waals surface area (Å²) in [5.41, 5.74) is 1.30. The molecule has 3 aliphatic carbocycles. The van der Waals surface area contributed by atoms with Crippen LogP contribution in [0.1, 0.15) is 60.7 Å². The molecule has 1 aromatic heterocycles. The Morgan fingerprint density at radius 2 is 2.06 bits per heavy atom. The van der Waals surface area contributed by atoms with Gasteiger partial charge in [-0.15, -0.1) is 0 Å². The fourth-order valence-corrected chi connectivity index (χ4v) is 8.36. The van der Waals surface area contributed by atoms with Gasteiger partial charge in [0.1, 0.15) is 11.2 Å². The summed E-state index contributed by atoms with van der Waals surface area (Å²) < 4.78 is 16.8. The summed E-state index contributed by atoms with van der Waals surface area (Å²) in [7, 11) is 3.82. The predicted octanol–water partition coefficient (Wildman–Crippen LogP) is 4.16. The van der Waals surface area contributed by atoms with Crippen LogP contribution in [0, 0.1) is 10.8 Å². The lowest BCUT2D eigenvalue weighted by atomic mass is 9.39. The van der Waals surface area contributed by atoms with E-state index in [0.717, 1.165) is 37.9 Å². The van der Waals surface area contributed by atoms with E-state index in [-0.39, 0.29) is 35.0 Å². The first kappa shape index (κ1) is 21.0. The number of esters is 1. The van der Waals surface area contributed by atoms with E-state index in [2.05, 4.69) is 30.1 Å². The van der Waals surface area contributed by atoms with E-state index < -0.39 is 11.4 Å². The first-order valence-electron chi connectivity index (χ1n) is 12.1. The molecule has 3 unspecified atom stereocenters. The molecule has 0 amide bonds. The molecule has 5 aliphatic rings. The van der Waals surface area contributed by atoms with Crippen molar-refractivity contribution in [2.24, 2.45) is 10.8 Å². The lowest BCUT2D eigenvalue weighted by molar-refractivity contribution is -0.197. The highest BCUT2D eigenvalue weighted by Crippen LogP contribution is 2.74. The first-order chi connectivity index (χ1) is 15.9. The molecule has 2 aliphatic heterocycles. The highest BCUT2D eigenvalue weighted by Gasteiger charge is 2.77. The summed E-state index contributed by atoms with van der Waals surface area (Å²) in [6, 6.07) is 9.94. The Hall–Kier alpha value is -2.60. The molecule has 4 bridgehead atoms. The molecular weight excluding hydrogens is 418 g/mol. The molecule has 2 saturated carbocycles. The highest BCUT2D eigenvalue weighted by atomic mass is 16.5. The van der Waals surface area contributed by atoms with Gasteiger partial charge in [-0.2, -0.15) is 0 Å². The summed E-state index contributed by atoms with van der Waals surface area (Å²) >= 11 is 0. The minimum absolute atomic E-state index is 0.0452. The third-order valence-corrected chi connectivity index (χ3v) is 9.54. The summed E-state index contributed by atoms with van der Waals surface area (Å²) in [5, 5.41) is 0. The fraction of sp³-hybridized carbons (Fsp3) is 0.556. The number of piperidine rings is 2. The van der Waals surface area contributed by atoms with Gasteiger partial charge in [-0.25, -0.2) is 0 Å². The number of carbonyl (C=O) groups excluding carboxylic acids is 2. The number of hydrogen-bond donors (Lipinski definition) is 0. The van der Waals surface area contributed by atoms with Gasteiger partial charge < -0.3 is 13.9 Å². The Morgan fingerprint density at radius 3 is 2.79 bits per heavy atom. The molecule has 7 rings (SSSR count). The van der Waals surface area contributed by atoms with Crippen molar-refractivity contribution in [2.45, 2.75) is 62.9 Å². The molecule has 2 saturated heterocycles. The lowest BCUT2D eigenvalue weighted by Crippen LogP contribution is -2.78. The number of carbonyl (C=O) groups is 2. The SMILES string of the molecule is CCOC(=O)C1(C(=O)c2ccco2)C[C@]23CCC[C@]24CC1N(C)C3Cc1ccc(OC)cc14. The van der Waals surface area contributed by atoms with Crippen molar-refractivity contribution in [3.63, 3.8) is 0 Å². The molecule has 2 aromatic rings. The average molecular weight is 450 g/mol. The molecule has 3 heterocycles. The second-order valence-corrected chi connectivity index (χ2v) is 10.4. The third kappa shape index (κ3) is 2.38. The average Bonchev–Trinajstić information content (AvgIpc) is 3.49. The van der Waals surface area contributed by atoms with Crippen molar-refractivity contribution in [1.82, 2.24) is 4.90 Å². The Balaban J connectivity index is 1.56. The molecule has 0 radical (unpaired) electrons. The van der Waals surface area contributed by atoms with E-state index in [0.29, 0.717) is 12.5 Å². The largest absolute Gasteiger partial charge is 0.497 e. The number of ketones is 1. The summed E-state index contributed by atoms with van der Waals surface area (Å²) in [4.78, 5) is 30.1. The molecule has 1 aromatic carbocycles. The van der Waals surface area contributed by atoms with Gasteiger partial charge in [-0.1, -0.05) is 12.5 Å². The van der Waals surface area contributed by atoms with Gasteiger partial charge in [0.25, 0.3) is 0 Å². The number of likely N-dealkylation sites (N-methyl/N-ethyl adjacent to an activating group) is 1. The molecule has 4 fully saturated rings. The van der Waals surface area contributed by atoms with Crippen LogP contribution >= 0.6 is 0 Å². The maximum absolute atomic E-state index is 14.0. The number of Topliss-reactive ketones (excluding diaryl/α,β-unsaturated/α-hetero) is 1. The standard InChI is InChI=1S/C27H31NO5/c1-4-32-24(30)27(23(29)20-7-5-12-33-20)16-26-11-6-10-25(26)15-22(27)28(2)21(26)13-17-8-9-18(31-3)14-19(17)25/h5,7-9,12,14,21-22H,4,6,10-11,13,15-16H2,1-3H3/t21?,22?,25-,26+,27?/m1/s1. The van der Waals surface area contributed by atoms with Gasteiger partial charge in [0, 0.05) is 17.5 Å². The van der Waals surface area contributed by atoms with Crippen LogP contribution in [0.2, 0.25) is 0 Å². The maximum Gasteiger partial charge on any atom is 0.321 e. The Kier molecular flexibility index (Phi) is 4.42. The van der Waals surface area contributed by atoms with E-state index in [1.165, 1.54) is 17.4 Å². The third-order valence-electron chi connectivity index (χ3n) is 9.54. The van der Waals surface area contributed by atoms with E-state index >= 15 is 0 Å². The lowest BCUT2D eigenvalue weighted by Gasteiger charge is -2.71. The zero-order valence-electron chi connectivity index (χ0n) is 19.6. The van der Waals surface area contributed by atoms with Gasteiger partial charge in [-0.3, -0.25) is 14.5 Å². The van der Waals surface area contributed by atoms with E-state index in [1.54, 1.807) is 26.2 Å². The quantitative estimate of drug-likeness (QED) is 0.388. The van der Waals surface area contributed by atoms with Gasteiger partial charge >= 0.3 is 5.97 Å². The second-order valence-electron chi connectivity index (χ2n) is 10.4. The summed E-state index contributed by atoms with van der Waals surface area (Å²) in [5.74, 6) is 0.502. The monoisotopic (exact) mass is 449 g/mol. The fourth-order valence-electron chi connectivity index (χ4n) is 8.36. The second kappa shape index (κ2) is 6.95. The van der Waals surface area contributed by atoms with Crippen molar-refractivity contribution in [3.05, 3.63) is 53.5 Å². The van der Waals surface area contributed by atoms with Crippen LogP contribution in [0.15, 0.2) is 41.0 Å². The van der Waals surface area contributed by atoms with Crippen molar-refractivity contribution < 1.29 is 23.5 Å². The molecule has 5 atom stereocenters. The van der Waals surface area contributed by atoms with Gasteiger partial charge in [-0.05, 0) is 86.9 Å². The van der Waals surface area contributed by atoms with Crippen LogP contribution in [-0.4, -0.2) is 49.5 Å². The van der Waals surface area contributed by atoms with Crippen LogP contribution in [0.5, 0.6) is 5.75 Å². The molecular formula is C27H31NO5. The topological polar surface area (TPSA) is 69.0 Å². The van der Waals surface area contributed by atoms with E-state index in [4.69, 9.17) is 13.9 Å². The minimum atomic E-state index is -1.25. The van der Waals surface area contributed by atoms with E-state index in [1.807, 2.05) is 0 Å². The Morgan fingerprint density at radius 1 is 1.21 bits per heavy atom. The molecule has 1 spiro atoms. The number of hydrogen-bond acceptors (Lipinski definition) is 6. The van der Waals surface area contributed by atoms with Gasteiger partial charge in [0.15, 0.2) is 5.76 Å². The molecule has 33 heavy (non-hydrogen) atoms. The highest BCUT2D eigenvalue weighted by molar-refractivity contribution is 6.12. The molecule has 6 nitrogen and oxygen atoms in total. The van der Waals surface area contributed by atoms with Crippen molar-refractivity contribution in [2.75, 3.05) is 20.8 Å². The Labute approximate surface area is 194 Å². The number of nitrogens with zero attached hydrogens (tertiary/aromatic N) is 1. The minimum Gasteiger partial charge on any atom is -0.497 e. The smallest absolute Gasteiger partial charge is 0.321 e. The van der Waals surface area contributed by atoms with Crippen LogP contribution in [0.3, 0.4) is 0 Å². The number of rotatable bonds is 5. The van der Waals surface area contributed by atoms with Gasteiger partial charge in [0.05, 0.1) is 20.0 Å². The number of fused-ring (bicyclic) bond motifs is 2. The zero-order chi connectivity index (χ0) is 23.0. The first-order valence-corrected chi connectivity index (χ1v) is 12.1. The number of methoxy groups -OCH3 is 1. The van der Waals surface area contributed by atoms with Gasteiger partial charge in [0.2, 0.25) is 5.78 Å². The van der Waals surface area contributed by atoms with Crippen molar-refractivity contribution >= 4 is 11.8 Å². The molecule has 6 heteroatoms. The molecule has 174 valence electrons. The number of furan rings is 1. The maximum atomic E-state index is 14.0. The van der Waals surface area contributed by atoms with E-state index in [9.17, 15) is 9.59 Å². The van der Waals surface area contributed by atoms with Crippen LogP contribution in [0.25, 0.3) is 0 Å². The summed E-state index contributed by atoms with van der Waals surface area (Å²) in [6.45, 7) is 2.06. The number of ether oxygens (including phenoxy) is 2. The van der Waals surface area contributed by atoms with Crippen LogP contribution < -0.4 is 4.74 Å². The van der Waals surface area contributed by atoms with Crippen LogP contribution in [-0.2, 0) is 21.4 Å². The normalized spacial score (nSPS) is 36.2. The molecule has 0 N–H and O–H groups in total. The summed E-state index contributed by atoms with van der Waals surface area (Å²) in [6.07, 6.45) is 6.92. The number of benzene rings is 1. The van der Waals surface area contributed by atoms with Crippen LogP contribution in [0.4, 0.5) is 0 Å².